The molecule has 0 radical (unpaired) electrons. The molecular weight excluding hydrogens is 450 g/mol. The lowest BCUT2D eigenvalue weighted by Crippen LogP contribution is -2.44. The largest absolute Gasteiger partial charge is 0.478 e. The zero-order chi connectivity index (χ0) is 24.2. The Kier molecular flexibility index (Phi) is 5.33. The van der Waals surface area contributed by atoms with Gasteiger partial charge in [0.25, 0.3) is 0 Å². The minimum Gasteiger partial charge on any atom is -0.478 e. The van der Waals surface area contributed by atoms with Gasteiger partial charge in [0.15, 0.2) is 5.78 Å². The van der Waals surface area contributed by atoms with Gasteiger partial charge in [-0.1, -0.05) is 67.9 Å². The molecule has 1 aliphatic carbocycles. The molecule has 172 valence electrons. The first-order chi connectivity index (χ1) is 16.2. The number of nitrogens with zero attached hydrogens (tertiary/aromatic N) is 1. The van der Waals surface area contributed by atoms with Crippen molar-refractivity contribution in [1.82, 2.24) is 0 Å². The zero-order valence-corrected chi connectivity index (χ0v) is 19.7. The number of rotatable bonds is 3. The third kappa shape index (κ3) is 3.70. The topological polar surface area (TPSA) is 74.7 Å². The van der Waals surface area contributed by atoms with Crippen LogP contribution in [0.5, 0.6) is 0 Å². The number of carboxylic acid groups (broad SMARTS) is 1. The molecule has 1 N–H and O–H groups in total. The SMILES string of the molecule is CC1(C)CC(=O)C2=C(C1)N(c1cc(C(=O)O)ccc1Cl)C(=O)CC2c1cccc2ccccc12. The molecule has 6 heteroatoms. The molecule has 34 heavy (non-hydrogen) atoms. The summed E-state index contributed by atoms with van der Waals surface area (Å²) >= 11 is 6.48. The van der Waals surface area contributed by atoms with Crippen LogP contribution in [0.3, 0.4) is 0 Å². The Balaban J connectivity index is 1.75. The lowest BCUT2D eigenvalue weighted by atomic mass is 9.69. The van der Waals surface area contributed by atoms with Crippen LogP contribution in [0.25, 0.3) is 10.8 Å². The van der Waals surface area contributed by atoms with E-state index < -0.39 is 5.97 Å². The Labute approximate surface area is 202 Å². The van der Waals surface area contributed by atoms with E-state index in [0.29, 0.717) is 29.8 Å². The predicted octanol–water partition coefficient (Wildman–Crippen LogP) is 6.36. The van der Waals surface area contributed by atoms with Gasteiger partial charge in [-0.15, -0.1) is 0 Å². The van der Waals surface area contributed by atoms with Gasteiger partial charge >= 0.3 is 5.97 Å². The van der Waals surface area contributed by atoms with Crippen LogP contribution in [0.4, 0.5) is 5.69 Å². The highest BCUT2D eigenvalue weighted by molar-refractivity contribution is 6.34. The molecule has 0 spiro atoms. The van der Waals surface area contributed by atoms with Gasteiger partial charge in [0.2, 0.25) is 5.91 Å². The second kappa shape index (κ2) is 8.10. The number of hydrogen-bond donors (Lipinski definition) is 1. The maximum atomic E-state index is 13.7. The van der Waals surface area contributed by atoms with Crippen molar-refractivity contribution >= 4 is 45.7 Å². The van der Waals surface area contributed by atoms with Crippen molar-refractivity contribution in [3.63, 3.8) is 0 Å². The molecule has 1 heterocycles. The van der Waals surface area contributed by atoms with E-state index in [4.69, 9.17) is 11.6 Å². The first-order valence-corrected chi connectivity index (χ1v) is 11.6. The second-order valence-corrected chi connectivity index (χ2v) is 10.2. The molecule has 1 unspecified atom stereocenters. The average Bonchev–Trinajstić information content (AvgIpc) is 2.78. The molecule has 0 bridgehead atoms. The van der Waals surface area contributed by atoms with Crippen molar-refractivity contribution in [3.05, 3.63) is 88.1 Å². The van der Waals surface area contributed by atoms with Crippen molar-refractivity contribution in [2.75, 3.05) is 4.90 Å². The third-order valence-corrected chi connectivity index (χ3v) is 7.10. The number of carbonyl (C=O) groups excluding carboxylic acids is 2. The first-order valence-electron chi connectivity index (χ1n) is 11.3. The van der Waals surface area contributed by atoms with Crippen LogP contribution in [-0.2, 0) is 9.59 Å². The van der Waals surface area contributed by atoms with E-state index in [1.165, 1.54) is 23.1 Å². The fourth-order valence-corrected chi connectivity index (χ4v) is 5.53. The Morgan fingerprint density at radius 1 is 1.03 bits per heavy atom. The number of aromatic carboxylic acids is 1. The van der Waals surface area contributed by atoms with Crippen molar-refractivity contribution in [2.24, 2.45) is 5.41 Å². The number of carbonyl (C=O) groups is 3. The highest BCUT2D eigenvalue weighted by atomic mass is 35.5. The summed E-state index contributed by atoms with van der Waals surface area (Å²) in [5, 5.41) is 11.8. The van der Waals surface area contributed by atoms with Gasteiger partial charge in [-0.05, 0) is 46.4 Å². The fraction of sp³-hybridized carbons (Fsp3) is 0.250. The number of Topliss-reactive ketones (excluding diaryl/α,β-unsaturated/α-hetero) is 1. The monoisotopic (exact) mass is 473 g/mol. The number of halogens is 1. The van der Waals surface area contributed by atoms with E-state index in [-0.39, 0.29) is 40.0 Å². The third-order valence-electron chi connectivity index (χ3n) is 6.78. The van der Waals surface area contributed by atoms with Gasteiger partial charge in [-0.2, -0.15) is 0 Å². The summed E-state index contributed by atoms with van der Waals surface area (Å²) in [6.07, 6.45) is 0.999. The van der Waals surface area contributed by atoms with E-state index in [0.717, 1.165) is 16.3 Å². The molecule has 1 amide bonds. The van der Waals surface area contributed by atoms with Gasteiger partial charge < -0.3 is 5.11 Å². The van der Waals surface area contributed by atoms with Crippen molar-refractivity contribution in [3.8, 4) is 0 Å². The summed E-state index contributed by atoms with van der Waals surface area (Å²) in [6.45, 7) is 4.02. The number of carboxylic acids is 1. The van der Waals surface area contributed by atoms with Gasteiger partial charge in [0.1, 0.15) is 0 Å². The summed E-state index contributed by atoms with van der Waals surface area (Å²) in [4.78, 5) is 40.4. The normalized spacial score (nSPS) is 20.0. The van der Waals surface area contributed by atoms with E-state index >= 15 is 0 Å². The number of ketones is 1. The first kappa shape index (κ1) is 22.4. The van der Waals surface area contributed by atoms with Crippen molar-refractivity contribution in [1.29, 1.82) is 0 Å². The lowest BCUT2D eigenvalue weighted by molar-refractivity contribution is -0.121. The molecule has 1 aliphatic heterocycles. The minimum atomic E-state index is -1.11. The molecular formula is C28H24ClNO4. The smallest absolute Gasteiger partial charge is 0.335 e. The summed E-state index contributed by atoms with van der Waals surface area (Å²) in [5.74, 6) is -1.65. The molecule has 5 nitrogen and oxygen atoms in total. The van der Waals surface area contributed by atoms with Gasteiger partial charge in [0, 0.05) is 30.0 Å². The van der Waals surface area contributed by atoms with Gasteiger partial charge in [0.05, 0.1) is 16.3 Å². The number of benzene rings is 3. The Morgan fingerprint density at radius 2 is 1.76 bits per heavy atom. The summed E-state index contributed by atoms with van der Waals surface area (Å²) < 4.78 is 0. The van der Waals surface area contributed by atoms with Crippen LogP contribution in [0.2, 0.25) is 5.02 Å². The number of allylic oxidation sites excluding steroid dienone is 2. The number of fused-ring (bicyclic) bond motifs is 1. The lowest BCUT2D eigenvalue weighted by Gasteiger charge is -2.43. The number of anilines is 1. The molecule has 0 aromatic heterocycles. The van der Waals surface area contributed by atoms with E-state index in [1.807, 2.05) is 56.3 Å². The van der Waals surface area contributed by atoms with Crippen LogP contribution in [0.1, 0.15) is 54.9 Å². The fourth-order valence-electron chi connectivity index (χ4n) is 5.33. The molecule has 5 rings (SSSR count). The van der Waals surface area contributed by atoms with Crippen LogP contribution >= 0.6 is 11.6 Å². The zero-order valence-electron chi connectivity index (χ0n) is 19.0. The van der Waals surface area contributed by atoms with E-state index in [9.17, 15) is 19.5 Å². The number of hydrogen-bond acceptors (Lipinski definition) is 3. The maximum absolute atomic E-state index is 13.7. The molecule has 0 saturated heterocycles. The maximum Gasteiger partial charge on any atom is 0.335 e. The molecule has 0 saturated carbocycles. The van der Waals surface area contributed by atoms with Crippen LogP contribution in [0, 0.1) is 5.41 Å². The van der Waals surface area contributed by atoms with Gasteiger partial charge in [-0.3, -0.25) is 14.5 Å². The van der Waals surface area contributed by atoms with Crippen LogP contribution < -0.4 is 4.90 Å². The minimum absolute atomic E-state index is 0.0206. The average molecular weight is 474 g/mol. The molecule has 1 atom stereocenters. The Morgan fingerprint density at radius 3 is 2.53 bits per heavy atom. The highest BCUT2D eigenvalue weighted by Crippen LogP contribution is 2.50. The van der Waals surface area contributed by atoms with Crippen LogP contribution in [-0.4, -0.2) is 22.8 Å². The standard InChI is InChI=1S/C28H24ClNO4/c1-28(2)14-23-26(24(31)15-28)20(19-9-5-7-16-6-3-4-8-18(16)19)13-25(32)30(23)22-12-17(27(33)34)10-11-21(22)29/h3-12,20H,13-15H2,1-2H3,(H,33,34). The molecule has 3 aromatic rings. The van der Waals surface area contributed by atoms with Crippen molar-refractivity contribution < 1.29 is 19.5 Å². The summed E-state index contributed by atoms with van der Waals surface area (Å²) in [5.41, 5.74) is 2.21. The Bertz CT molecular complexity index is 1400. The van der Waals surface area contributed by atoms with Crippen LogP contribution in [0.15, 0.2) is 71.9 Å². The molecule has 2 aliphatic rings. The van der Waals surface area contributed by atoms with E-state index in [2.05, 4.69) is 0 Å². The summed E-state index contributed by atoms with van der Waals surface area (Å²) in [6, 6.07) is 18.3. The molecule has 3 aromatic carbocycles. The van der Waals surface area contributed by atoms with Crippen molar-refractivity contribution in [2.45, 2.75) is 39.0 Å². The summed E-state index contributed by atoms with van der Waals surface area (Å²) in [7, 11) is 0. The number of amides is 1. The van der Waals surface area contributed by atoms with Gasteiger partial charge in [-0.25, -0.2) is 4.79 Å². The Hall–Kier alpha value is -3.44. The molecule has 0 fully saturated rings. The quantitative estimate of drug-likeness (QED) is 0.480. The second-order valence-electron chi connectivity index (χ2n) is 9.83. The van der Waals surface area contributed by atoms with E-state index in [1.54, 1.807) is 0 Å². The highest BCUT2D eigenvalue weighted by Gasteiger charge is 2.45. The predicted molar refractivity (Wildman–Crippen MR) is 132 cm³/mol.